The van der Waals surface area contributed by atoms with Crippen LogP contribution < -0.4 is 0 Å². The van der Waals surface area contributed by atoms with E-state index >= 15 is 0 Å². The van der Waals surface area contributed by atoms with Gasteiger partial charge in [-0.25, -0.2) is 4.98 Å². The lowest BCUT2D eigenvalue weighted by Crippen LogP contribution is -2.14. The summed E-state index contributed by atoms with van der Waals surface area (Å²) >= 11 is 12.3. The monoisotopic (exact) mass is 284 g/mol. The largest absolute Gasteiger partial charge is 0.325 e. The number of alkyl halides is 1. The van der Waals surface area contributed by atoms with Crippen molar-refractivity contribution in [2.45, 2.75) is 33.2 Å². The predicted molar refractivity (Wildman–Crippen MR) is 78.3 cm³/mol. The Hall–Kier alpha value is -0.730. The second kappa shape index (κ2) is 5.50. The maximum Gasteiger partial charge on any atom is 0.124 e. The molecule has 1 aromatic carbocycles. The highest BCUT2D eigenvalue weighted by atomic mass is 35.5. The van der Waals surface area contributed by atoms with E-state index in [1.165, 1.54) is 0 Å². The van der Waals surface area contributed by atoms with Crippen molar-refractivity contribution in [1.29, 1.82) is 0 Å². The van der Waals surface area contributed by atoms with Gasteiger partial charge in [0.1, 0.15) is 5.82 Å². The highest BCUT2D eigenvalue weighted by molar-refractivity contribution is 6.35. The summed E-state index contributed by atoms with van der Waals surface area (Å²) in [4.78, 5) is 4.55. The maximum atomic E-state index is 6.29. The van der Waals surface area contributed by atoms with Crippen LogP contribution in [-0.4, -0.2) is 9.55 Å². The molecule has 0 bridgehead atoms. The maximum absolute atomic E-state index is 6.29. The average Bonchev–Trinajstić information content (AvgIpc) is 2.68. The third-order valence-electron chi connectivity index (χ3n) is 3.52. The van der Waals surface area contributed by atoms with E-state index in [4.69, 9.17) is 23.2 Å². The van der Waals surface area contributed by atoms with Gasteiger partial charge in [-0.15, -0.1) is 11.6 Å². The number of hydrogen-bond acceptors (Lipinski definition) is 1. The molecule has 18 heavy (non-hydrogen) atoms. The lowest BCUT2D eigenvalue weighted by Gasteiger charge is -2.18. The van der Waals surface area contributed by atoms with Crippen molar-refractivity contribution in [3.8, 4) is 0 Å². The minimum Gasteiger partial charge on any atom is -0.325 e. The summed E-state index contributed by atoms with van der Waals surface area (Å²) in [6.45, 7) is 7.60. The molecular weight excluding hydrogens is 267 g/mol. The van der Waals surface area contributed by atoms with Gasteiger partial charge < -0.3 is 4.57 Å². The van der Waals surface area contributed by atoms with Crippen LogP contribution in [-0.2, 0) is 12.4 Å². The van der Waals surface area contributed by atoms with Gasteiger partial charge in [0.2, 0.25) is 0 Å². The molecule has 0 N–H and O–H groups in total. The number of nitrogens with zero attached hydrogens (tertiary/aromatic N) is 2. The van der Waals surface area contributed by atoms with Crippen molar-refractivity contribution in [3.05, 3.63) is 29.0 Å². The summed E-state index contributed by atoms with van der Waals surface area (Å²) in [7, 11) is 0. The van der Waals surface area contributed by atoms with Crippen LogP contribution in [0.2, 0.25) is 5.02 Å². The fraction of sp³-hybridized carbons (Fsp3) is 0.500. The molecule has 2 nitrogen and oxygen atoms in total. The summed E-state index contributed by atoms with van der Waals surface area (Å²) in [6, 6.07) is 5.81. The van der Waals surface area contributed by atoms with E-state index in [2.05, 4.69) is 30.3 Å². The second-order valence-corrected chi connectivity index (χ2v) is 5.78. The van der Waals surface area contributed by atoms with Crippen molar-refractivity contribution < 1.29 is 0 Å². The molecule has 1 atom stereocenters. The average molecular weight is 285 g/mol. The van der Waals surface area contributed by atoms with Gasteiger partial charge in [-0.1, -0.05) is 38.4 Å². The normalized spacial score (nSPS) is 13.4. The van der Waals surface area contributed by atoms with Crippen LogP contribution in [0.15, 0.2) is 18.2 Å². The Morgan fingerprint density at radius 1 is 1.28 bits per heavy atom. The second-order valence-electron chi connectivity index (χ2n) is 5.10. The highest BCUT2D eigenvalue weighted by Crippen LogP contribution is 2.27. The molecule has 1 aromatic heterocycles. The van der Waals surface area contributed by atoms with Crippen molar-refractivity contribution in [2.75, 3.05) is 0 Å². The van der Waals surface area contributed by atoms with Crippen molar-refractivity contribution in [2.24, 2.45) is 11.8 Å². The zero-order valence-corrected chi connectivity index (χ0v) is 12.5. The molecule has 0 saturated carbocycles. The third-order valence-corrected chi connectivity index (χ3v) is 4.07. The molecule has 98 valence electrons. The zero-order chi connectivity index (χ0) is 13.3. The highest BCUT2D eigenvalue weighted by Gasteiger charge is 2.16. The van der Waals surface area contributed by atoms with E-state index in [-0.39, 0.29) is 0 Å². The van der Waals surface area contributed by atoms with Gasteiger partial charge in [0.25, 0.3) is 0 Å². The number of para-hydroxylation sites is 1. The lowest BCUT2D eigenvalue weighted by molar-refractivity contribution is 0.365. The Morgan fingerprint density at radius 3 is 2.61 bits per heavy atom. The van der Waals surface area contributed by atoms with E-state index in [1.807, 2.05) is 18.2 Å². The molecule has 0 fully saturated rings. The molecule has 0 amide bonds. The fourth-order valence-electron chi connectivity index (χ4n) is 1.99. The van der Waals surface area contributed by atoms with E-state index in [1.54, 1.807) is 0 Å². The molecule has 2 aromatic rings. The summed E-state index contributed by atoms with van der Waals surface area (Å²) in [5.41, 5.74) is 1.93. The molecular formula is C14H18Cl2N2. The molecule has 1 unspecified atom stereocenters. The van der Waals surface area contributed by atoms with Crippen LogP contribution in [0.5, 0.6) is 0 Å². The van der Waals surface area contributed by atoms with Crippen molar-refractivity contribution in [1.82, 2.24) is 9.55 Å². The molecule has 4 heteroatoms. The van der Waals surface area contributed by atoms with Crippen molar-refractivity contribution in [3.63, 3.8) is 0 Å². The molecule has 1 heterocycles. The van der Waals surface area contributed by atoms with Crippen LogP contribution in [0.1, 0.15) is 26.6 Å². The quantitative estimate of drug-likeness (QED) is 0.743. The molecule has 0 aliphatic rings. The Balaban J connectivity index is 2.52. The Kier molecular flexibility index (Phi) is 4.18. The van der Waals surface area contributed by atoms with Crippen LogP contribution in [0.25, 0.3) is 11.0 Å². The molecule has 0 aliphatic heterocycles. The molecule has 0 aliphatic carbocycles. The molecule has 0 spiro atoms. The fourth-order valence-corrected chi connectivity index (χ4v) is 2.46. The number of halogens is 2. The van der Waals surface area contributed by atoms with Gasteiger partial charge in [-0.3, -0.25) is 0 Å². The van der Waals surface area contributed by atoms with Gasteiger partial charge in [-0.05, 0) is 24.0 Å². The van der Waals surface area contributed by atoms with E-state index in [0.717, 1.165) is 28.4 Å². The van der Waals surface area contributed by atoms with Gasteiger partial charge in [0.05, 0.1) is 21.9 Å². The number of fused-ring (bicyclic) bond motifs is 1. The summed E-state index contributed by atoms with van der Waals surface area (Å²) in [5.74, 6) is 2.48. The van der Waals surface area contributed by atoms with Crippen LogP contribution in [0, 0.1) is 11.8 Å². The first-order valence-corrected chi connectivity index (χ1v) is 7.15. The minimum atomic E-state index is 0.413. The Bertz CT molecular complexity index is 546. The predicted octanol–water partition coefficient (Wildman–Crippen LogP) is 4.72. The van der Waals surface area contributed by atoms with Crippen molar-refractivity contribution >= 4 is 34.2 Å². The van der Waals surface area contributed by atoms with Gasteiger partial charge in [0, 0.05) is 6.54 Å². The van der Waals surface area contributed by atoms with Gasteiger partial charge in [-0.2, -0.15) is 0 Å². The number of aromatic nitrogens is 2. The number of rotatable bonds is 4. The summed E-state index contributed by atoms with van der Waals surface area (Å²) in [6.07, 6.45) is 0. The molecule has 0 saturated heterocycles. The van der Waals surface area contributed by atoms with E-state index in [9.17, 15) is 0 Å². The first-order chi connectivity index (χ1) is 8.54. The lowest BCUT2D eigenvalue weighted by atomic mass is 9.98. The topological polar surface area (TPSA) is 17.8 Å². The SMILES string of the molecule is CC(C)C(C)Cn1c(CCl)nc2cccc(Cl)c21. The van der Waals surface area contributed by atoms with Gasteiger partial charge in [0.15, 0.2) is 0 Å². The van der Waals surface area contributed by atoms with E-state index in [0.29, 0.717) is 17.7 Å². The van der Waals surface area contributed by atoms with E-state index < -0.39 is 0 Å². The summed E-state index contributed by atoms with van der Waals surface area (Å²) < 4.78 is 2.16. The first kappa shape index (κ1) is 13.7. The van der Waals surface area contributed by atoms with Gasteiger partial charge >= 0.3 is 0 Å². The van der Waals surface area contributed by atoms with Crippen LogP contribution >= 0.6 is 23.2 Å². The summed E-state index contributed by atoms with van der Waals surface area (Å²) in [5, 5.41) is 0.743. The first-order valence-electron chi connectivity index (χ1n) is 6.24. The minimum absolute atomic E-state index is 0.413. The number of hydrogen-bond donors (Lipinski definition) is 0. The van der Waals surface area contributed by atoms with Crippen LogP contribution in [0.3, 0.4) is 0 Å². The van der Waals surface area contributed by atoms with Crippen LogP contribution in [0.4, 0.5) is 0 Å². The standard InChI is InChI=1S/C14H18Cl2N2/c1-9(2)10(3)8-18-13(7-15)17-12-6-4-5-11(16)14(12)18/h4-6,9-10H,7-8H2,1-3H3. The zero-order valence-electron chi connectivity index (χ0n) is 11.0. The third kappa shape index (κ3) is 2.50. The number of benzene rings is 1. The Labute approximate surface area is 118 Å². The number of imidazole rings is 1. The smallest absolute Gasteiger partial charge is 0.124 e. The Morgan fingerprint density at radius 2 is 2.00 bits per heavy atom. The molecule has 0 radical (unpaired) electrons. The molecule has 2 rings (SSSR count).